The molecule has 0 amide bonds. The monoisotopic (exact) mass is 293 g/mol. The summed E-state index contributed by atoms with van der Waals surface area (Å²) in [6, 6.07) is 8.40. The van der Waals surface area contributed by atoms with Crippen LogP contribution in [0.15, 0.2) is 29.2 Å². The number of benzene rings is 1. The molecule has 5 heteroatoms. The normalized spacial score (nSPS) is 18.8. The van der Waals surface area contributed by atoms with Crippen molar-refractivity contribution in [2.24, 2.45) is 0 Å². The van der Waals surface area contributed by atoms with Gasteiger partial charge in [-0.1, -0.05) is 25.7 Å². The van der Waals surface area contributed by atoms with E-state index in [-0.39, 0.29) is 4.90 Å². The molecule has 0 bridgehead atoms. The molecule has 1 aliphatic rings. The van der Waals surface area contributed by atoms with Crippen molar-refractivity contribution in [2.45, 2.75) is 48.2 Å². The minimum absolute atomic E-state index is 0.210. The molecule has 1 fully saturated rings. The van der Waals surface area contributed by atoms with Crippen LogP contribution in [0.25, 0.3) is 0 Å². The van der Waals surface area contributed by atoms with E-state index in [4.69, 9.17) is 4.74 Å². The predicted octanol–water partition coefficient (Wildman–Crippen LogP) is 3.09. The van der Waals surface area contributed by atoms with Gasteiger partial charge in [0.2, 0.25) is 0 Å². The van der Waals surface area contributed by atoms with Crippen molar-refractivity contribution in [3.63, 3.8) is 0 Å². The fraction of sp³-hybridized carbons (Fsp3) is 0.533. The van der Waals surface area contributed by atoms with Crippen LogP contribution in [-0.2, 0) is 9.84 Å². The van der Waals surface area contributed by atoms with E-state index in [9.17, 15) is 13.7 Å². The number of hydrogen-bond acceptors (Lipinski definition) is 4. The molecule has 0 unspecified atom stereocenters. The van der Waals surface area contributed by atoms with Gasteiger partial charge < -0.3 is 4.74 Å². The topological polar surface area (TPSA) is 67.2 Å². The Morgan fingerprint density at radius 2 is 1.65 bits per heavy atom. The van der Waals surface area contributed by atoms with Crippen molar-refractivity contribution in [3.8, 4) is 11.8 Å². The Balaban J connectivity index is 2.42. The highest BCUT2D eigenvalue weighted by Crippen LogP contribution is 2.37. The molecule has 0 N–H and O–H groups in total. The highest BCUT2D eigenvalue weighted by molar-refractivity contribution is 7.93. The summed E-state index contributed by atoms with van der Waals surface area (Å²) >= 11 is 0. The quantitative estimate of drug-likeness (QED) is 0.803. The summed E-state index contributed by atoms with van der Waals surface area (Å²) < 4.78 is 29.4. The van der Waals surface area contributed by atoms with Crippen LogP contribution in [0.2, 0.25) is 0 Å². The maximum atomic E-state index is 12.8. The molecule has 4 nitrogen and oxygen atoms in total. The molecule has 0 spiro atoms. The Bertz CT molecular complexity index is 591. The van der Waals surface area contributed by atoms with Crippen molar-refractivity contribution in [3.05, 3.63) is 24.3 Å². The van der Waals surface area contributed by atoms with Gasteiger partial charge in [-0.3, -0.25) is 0 Å². The van der Waals surface area contributed by atoms with Gasteiger partial charge in [0.25, 0.3) is 0 Å². The minimum Gasteiger partial charge on any atom is -0.497 e. The third kappa shape index (κ3) is 2.53. The third-order valence-corrected chi connectivity index (χ3v) is 6.42. The maximum absolute atomic E-state index is 12.8. The van der Waals surface area contributed by atoms with Crippen LogP contribution in [0.3, 0.4) is 0 Å². The summed E-state index contributed by atoms with van der Waals surface area (Å²) in [7, 11) is -2.11. The Morgan fingerprint density at radius 1 is 1.10 bits per heavy atom. The molecule has 0 radical (unpaired) electrons. The number of sulfone groups is 1. The molecule has 1 aliphatic carbocycles. The fourth-order valence-electron chi connectivity index (χ4n) is 2.72. The smallest absolute Gasteiger partial charge is 0.197 e. The first-order valence-corrected chi connectivity index (χ1v) is 8.34. The summed E-state index contributed by atoms with van der Waals surface area (Å²) in [5, 5.41) is 9.51. The van der Waals surface area contributed by atoms with Gasteiger partial charge in [0.1, 0.15) is 5.75 Å². The van der Waals surface area contributed by atoms with Gasteiger partial charge in [-0.05, 0) is 37.1 Å². The van der Waals surface area contributed by atoms with E-state index in [0.29, 0.717) is 18.6 Å². The highest BCUT2D eigenvalue weighted by atomic mass is 32.2. The second kappa shape index (κ2) is 5.84. The van der Waals surface area contributed by atoms with Crippen molar-refractivity contribution < 1.29 is 13.2 Å². The first kappa shape index (κ1) is 14.9. The number of ether oxygens (including phenoxy) is 1. The Labute approximate surface area is 120 Å². The van der Waals surface area contributed by atoms with E-state index in [1.165, 1.54) is 19.2 Å². The van der Waals surface area contributed by atoms with Crippen molar-refractivity contribution in [1.82, 2.24) is 0 Å². The molecule has 108 valence electrons. The maximum Gasteiger partial charge on any atom is 0.197 e. The Kier molecular flexibility index (Phi) is 4.34. The standard InChI is InChI=1S/C15H19NO3S/c1-19-13-6-8-14(9-7-13)20(17,18)15(12-16)10-4-2-3-5-11-15/h6-9H,2-5,10-11H2,1H3. The van der Waals surface area contributed by atoms with E-state index in [0.717, 1.165) is 25.7 Å². The summed E-state index contributed by atoms with van der Waals surface area (Å²) in [6.45, 7) is 0. The lowest BCUT2D eigenvalue weighted by Gasteiger charge is -2.24. The average Bonchev–Trinajstić information content (AvgIpc) is 2.74. The van der Waals surface area contributed by atoms with Gasteiger partial charge in [-0.15, -0.1) is 0 Å². The first-order chi connectivity index (χ1) is 9.55. The largest absolute Gasteiger partial charge is 0.497 e. The van der Waals surface area contributed by atoms with Gasteiger partial charge in [0.05, 0.1) is 18.1 Å². The summed E-state index contributed by atoms with van der Waals surface area (Å²) in [4.78, 5) is 0.210. The zero-order valence-electron chi connectivity index (χ0n) is 11.6. The summed E-state index contributed by atoms with van der Waals surface area (Å²) in [5.41, 5.74) is 0. The van der Waals surface area contributed by atoms with Crippen LogP contribution < -0.4 is 4.74 Å². The molecule has 1 aromatic carbocycles. The zero-order valence-corrected chi connectivity index (χ0v) is 12.4. The van der Waals surface area contributed by atoms with E-state index in [2.05, 4.69) is 6.07 Å². The fourth-order valence-corrected chi connectivity index (χ4v) is 4.61. The molecule has 0 heterocycles. The highest BCUT2D eigenvalue weighted by Gasteiger charge is 2.45. The van der Waals surface area contributed by atoms with Crippen molar-refractivity contribution >= 4 is 9.84 Å². The predicted molar refractivity (Wildman–Crippen MR) is 76.2 cm³/mol. The first-order valence-electron chi connectivity index (χ1n) is 6.86. The van der Waals surface area contributed by atoms with Crippen LogP contribution in [0.1, 0.15) is 38.5 Å². The van der Waals surface area contributed by atoms with E-state index in [1.54, 1.807) is 12.1 Å². The van der Waals surface area contributed by atoms with E-state index in [1.807, 2.05) is 0 Å². The van der Waals surface area contributed by atoms with Crippen LogP contribution in [0, 0.1) is 11.3 Å². The number of hydrogen-bond donors (Lipinski definition) is 0. The lowest BCUT2D eigenvalue weighted by molar-refractivity contribution is 0.414. The third-order valence-electron chi connectivity index (χ3n) is 4.00. The van der Waals surface area contributed by atoms with Crippen LogP contribution in [0.5, 0.6) is 5.75 Å². The molecule has 1 aromatic rings. The average molecular weight is 293 g/mol. The van der Waals surface area contributed by atoms with E-state index < -0.39 is 14.6 Å². The zero-order chi connectivity index (χ0) is 14.6. The van der Waals surface area contributed by atoms with Crippen LogP contribution in [0.4, 0.5) is 0 Å². The summed E-state index contributed by atoms with van der Waals surface area (Å²) in [5.74, 6) is 0.607. The minimum atomic E-state index is -3.64. The molecule has 0 aromatic heterocycles. The number of methoxy groups -OCH3 is 1. The van der Waals surface area contributed by atoms with Gasteiger partial charge in [0.15, 0.2) is 14.6 Å². The number of nitrogens with zero attached hydrogens (tertiary/aromatic N) is 1. The van der Waals surface area contributed by atoms with Crippen LogP contribution >= 0.6 is 0 Å². The molecule has 0 atom stereocenters. The van der Waals surface area contributed by atoms with Gasteiger partial charge in [-0.2, -0.15) is 5.26 Å². The molecule has 0 aliphatic heterocycles. The Morgan fingerprint density at radius 3 is 2.10 bits per heavy atom. The van der Waals surface area contributed by atoms with Crippen molar-refractivity contribution in [2.75, 3.05) is 7.11 Å². The molecule has 20 heavy (non-hydrogen) atoms. The van der Waals surface area contributed by atoms with Gasteiger partial charge in [0, 0.05) is 0 Å². The SMILES string of the molecule is COc1ccc(S(=O)(=O)C2(C#N)CCCCCC2)cc1. The Hall–Kier alpha value is -1.54. The van der Waals surface area contributed by atoms with E-state index >= 15 is 0 Å². The van der Waals surface area contributed by atoms with Crippen molar-refractivity contribution in [1.29, 1.82) is 5.26 Å². The molecular formula is C15H19NO3S. The molecule has 1 saturated carbocycles. The number of nitriles is 1. The molecule has 2 rings (SSSR count). The second-order valence-corrected chi connectivity index (χ2v) is 7.46. The summed E-state index contributed by atoms with van der Waals surface area (Å²) in [6.07, 6.45) is 4.45. The lowest BCUT2D eigenvalue weighted by atomic mass is 10.0. The van der Waals surface area contributed by atoms with Crippen LogP contribution in [-0.4, -0.2) is 20.3 Å². The van der Waals surface area contributed by atoms with Gasteiger partial charge in [-0.25, -0.2) is 8.42 Å². The molecule has 0 saturated heterocycles. The lowest BCUT2D eigenvalue weighted by Crippen LogP contribution is -2.36. The second-order valence-electron chi connectivity index (χ2n) is 5.20. The van der Waals surface area contributed by atoms with Gasteiger partial charge >= 0.3 is 0 Å². The number of rotatable bonds is 3. The molecular weight excluding hydrogens is 274 g/mol.